The summed E-state index contributed by atoms with van der Waals surface area (Å²) < 4.78 is 80.2. The molecule has 1 heterocycles. The highest BCUT2D eigenvalue weighted by molar-refractivity contribution is 5.74. The lowest BCUT2D eigenvalue weighted by Gasteiger charge is -2.35. The largest absolute Gasteiger partial charge is 0.420 e. The van der Waals surface area contributed by atoms with E-state index in [1.165, 1.54) is 5.01 Å². The van der Waals surface area contributed by atoms with Crippen LogP contribution in [0.25, 0.3) is 0 Å². The summed E-state index contributed by atoms with van der Waals surface area (Å²) >= 11 is 0. The number of amides is 2. The van der Waals surface area contributed by atoms with Gasteiger partial charge in [-0.1, -0.05) is 0 Å². The molecule has 5 nitrogen and oxygen atoms in total. The molecule has 0 saturated carbocycles. The number of ether oxygens (including phenoxy) is 1. The van der Waals surface area contributed by atoms with E-state index in [0.29, 0.717) is 0 Å². The lowest BCUT2D eigenvalue weighted by molar-refractivity contribution is -0.297. The van der Waals surface area contributed by atoms with Crippen LogP contribution in [-0.2, 0) is 4.74 Å². The molecule has 11 heteroatoms. The second kappa shape index (κ2) is 5.64. The molecule has 20 heavy (non-hydrogen) atoms. The van der Waals surface area contributed by atoms with E-state index < -0.39 is 23.9 Å². The Morgan fingerprint density at radius 1 is 1.05 bits per heavy atom. The summed E-state index contributed by atoms with van der Waals surface area (Å²) in [6, 6.07) is -1.58. The predicted octanol–water partition coefficient (Wildman–Crippen LogP) is 1.42. The SMILES string of the molecule is CC(NC(=O)NN1CCOCC1)(C(F)(F)F)C(F)(F)F. The standard InChI is InChI=1S/C9H13F6N3O2/c1-7(8(10,11)12,9(13,14)15)16-6(19)17-18-2-4-20-5-3-18/h2-5H2,1H3,(H2,16,17,19). The van der Waals surface area contributed by atoms with E-state index in [2.05, 4.69) is 0 Å². The Balaban J connectivity index is 2.73. The second-order valence-electron chi connectivity index (χ2n) is 4.29. The van der Waals surface area contributed by atoms with Gasteiger partial charge in [-0.3, -0.25) is 5.43 Å². The van der Waals surface area contributed by atoms with Crippen molar-refractivity contribution in [1.82, 2.24) is 15.8 Å². The molecule has 2 N–H and O–H groups in total. The van der Waals surface area contributed by atoms with Crippen LogP contribution < -0.4 is 10.7 Å². The number of hydrogen-bond acceptors (Lipinski definition) is 3. The summed E-state index contributed by atoms with van der Waals surface area (Å²) in [4.78, 5) is 11.3. The van der Waals surface area contributed by atoms with Crippen molar-refractivity contribution in [3.63, 3.8) is 0 Å². The summed E-state index contributed by atoms with van der Waals surface area (Å²) in [5, 5.41) is 2.11. The molecule has 0 aromatic carbocycles. The van der Waals surface area contributed by atoms with Gasteiger partial charge in [0.05, 0.1) is 13.2 Å². The molecule has 1 rings (SSSR count). The summed E-state index contributed by atoms with van der Waals surface area (Å²) in [7, 11) is 0. The molecule has 0 bridgehead atoms. The van der Waals surface area contributed by atoms with Crippen LogP contribution in [0, 0.1) is 0 Å². The molecule has 0 unspecified atom stereocenters. The third-order valence-electron chi connectivity index (χ3n) is 2.77. The summed E-state index contributed by atoms with van der Waals surface area (Å²) in [5.41, 5.74) is -2.40. The summed E-state index contributed by atoms with van der Waals surface area (Å²) in [6.45, 7) is 0.641. The van der Waals surface area contributed by atoms with Crippen molar-refractivity contribution in [1.29, 1.82) is 0 Å². The zero-order chi connectivity index (χ0) is 15.6. The number of nitrogens with one attached hydrogen (secondary N) is 2. The first-order valence-electron chi connectivity index (χ1n) is 5.52. The van der Waals surface area contributed by atoms with E-state index >= 15 is 0 Å². The normalized spacial score (nSPS) is 18.8. The molecule has 118 valence electrons. The number of rotatable bonds is 2. The number of carbonyl (C=O) groups excluding carboxylic acids is 1. The summed E-state index contributed by atoms with van der Waals surface area (Å²) in [5.74, 6) is 0. The molecule has 1 saturated heterocycles. The van der Waals surface area contributed by atoms with Crippen molar-refractivity contribution >= 4 is 6.03 Å². The first-order valence-corrected chi connectivity index (χ1v) is 5.52. The highest BCUT2D eigenvalue weighted by Gasteiger charge is 2.68. The number of alkyl halides is 6. The summed E-state index contributed by atoms with van der Waals surface area (Å²) in [6.07, 6.45) is -11.3. The number of halogens is 6. The molecular weight excluding hydrogens is 296 g/mol. The number of hydrogen-bond donors (Lipinski definition) is 2. The maximum atomic E-state index is 12.5. The van der Waals surface area contributed by atoms with Gasteiger partial charge < -0.3 is 10.1 Å². The van der Waals surface area contributed by atoms with Crippen LogP contribution in [0.2, 0.25) is 0 Å². The van der Waals surface area contributed by atoms with Crippen molar-refractivity contribution in [2.45, 2.75) is 24.8 Å². The second-order valence-corrected chi connectivity index (χ2v) is 4.29. The van der Waals surface area contributed by atoms with Gasteiger partial charge in [0, 0.05) is 13.1 Å². The van der Waals surface area contributed by atoms with Gasteiger partial charge in [0.15, 0.2) is 0 Å². The third kappa shape index (κ3) is 3.66. The predicted molar refractivity (Wildman–Crippen MR) is 54.6 cm³/mol. The Labute approximate surface area is 110 Å². The Morgan fingerprint density at radius 3 is 1.90 bits per heavy atom. The first-order chi connectivity index (χ1) is 8.97. The maximum Gasteiger partial charge on any atom is 0.420 e. The van der Waals surface area contributed by atoms with Crippen molar-refractivity contribution in [3.05, 3.63) is 0 Å². The molecule has 1 fully saturated rings. The van der Waals surface area contributed by atoms with Gasteiger partial charge in [0.1, 0.15) is 0 Å². The van der Waals surface area contributed by atoms with Crippen LogP contribution in [0.15, 0.2) is 0 Å². The van der Waals surface area contributed by atoms with Crippen LogP contribution in [0.4, 0.5) is 31.1 Å². The smallest absolute Gasteiger partial charge is 0.379 e. The van der Waals surface area contributed by atoms with Crippen LogP contribution in [-0.4, -0.2) is 55.2 Å². The van der Waals surface area contributed by atoms with E-state index in [-0.39, 0.29) is 33.2 Å². The minimum atomic E-state index is -5.67. The van der Waals surface area contributed by atoms with Crippen LogP contribution in [0.3, 0.4) is 0 Å². The minimum Gasteiger partial charge on any atom is -0.379 e. The van der Waals surface area contributed by atoms with E-state index in [9.17, 15) is 31.1 Å². The lowest BCUT2D eigenvalue weighted by Crippen LogP contribution is -2.68. The molecule has 0 aliphatic carbocycles. The highest BCUT2D eigenvalue weighted by atomic mass is 19.4. The maximum absolute atomic E-state index is 12.5. The van der Waals surface area contributed by atoms with Gasteiger partial charge in [-0.15, -0.1) is 0 Å². The highest BCUT2D eigenvalue weighted by Crippen LogP contribution is 2.42. The fourth-order valence-corrected chi connectivity index (χ4v) is 1.38. The fourth-order valence-electron chi connectivity index (χ4n) is 1.38. The molecule has 2 amide bonds. The molecule has 0 atom stereocenters. The zero-order valence-electron chi connectivity index (χ0n) is 10.4. The first kappa shape index (κ1) is 16.8. The Morgan fingerprint density at radius 2 is 1.50 bits per heavy atom. The van der Waals surface area contributed by atoms with Gasteiger partial charge in [0.2, 0.25) is 5.54 Å². The topological polar surface area (TPSA) is 53.6 Å². The van der Waals surface area contributed by atoms with Crippen molar-refractivity contribution < 1.29 is 35.9 Å². The monoisotopic (exact) mass is 309 g/mol. The molecule has 0 spiro atoms. The number of morpholine rings is 1. The van der Waals surface area contributed by atoms with Crippen LogP contribution >= 0.6 is 0 Å². The van der Waals surface area contributed by atoms with E-state index in [4.69, 9.17) is 4.74 Å². The van der Waals surface area contributed by atoms with Gasteiger partial charge in [-0.25, -0.2) is 9.80 Å². The molecular formula is C9H13F6N3O2. The van der Waals surface area contributed by atoms with Crippen LogP contribution in [0.1, 0.15) is 6.92 Å². The zero-order valence-corrected chi connectivity index (χ0v) is 10.4. The van der Waals surface area contributed by atoms with Gasteiger partial charge in [-0.2, -0.15) is 26.3 Å². The van der Waals surface area contributed by atoms with E-state index in [0.717, 1.165) is 5.32 Å². The van der Waals surface area contributed by atoms with Crippen molar-refractivity contribution in [2.24, 2.45) is 0 Å². The minimum absolute atomic E-state index is 0.133. The van der Waals surface area contributed by atoms with E-state index in [1.54, 1.807) is 0 Å². The number of urea groups is 1. The van der Waals surface area contributed by atoms with Crippen molar-refractivity contribution in [2.75, 3.05) is 26.3 Å². The quantitative estimate of drug-likeness (QED) is 0.759. The van der Waals surface area contributed by atoms with Crippen molar-refractivity contribution in [3.8, 4) is 0 Å². The lowest BCUT2D eigenvalue weighted by atomic mass is 10.0. The molecule has 1 aliphatic rings. The third-order valence-corrected chi connectivity index (χ3v) is 2.77. The molecule has 0 aromatic rings. The Kier molecular flexibility index (Phi) is 4.74. The average Bonchev–Trinajstić information content (AvgIpc) is 2.26. The number of carbonyl (C=O) groups is 1. The Bertz CT molecular complexity index is 337. The molecule has 1 aliphatic heterocycles. The van der Waals surface area contributed by atoms with Gasteiger partial charge in [0.25, 0.3) is 0 Å². The number of hydrazine groups is 1. The fraction of sp³-hybridized carbons (Fsp3) is 0.889. The van der Waals surface area contributed by atoms with Gasteiger partial charge in [-0.05, 0) is 6.92 Å². The molecule has 0 aromatic heterocycles. The Hall–Kier alpha value is -1.23. The van der Waals surface area contributed by atoms with Gasteiger partial charge >= 0.3 is 18.4 Å². The average molecular weight is 309 g/mol. The number of nitrogens with zero attached hydrogens (tertiary/aromatic N) is 1. The molecule has 0 radical (unpaired) electrons. The van der Waals surface area contributed by atoms with Crippen LogP contribution in [0.5, 0.6) is 0 Å². The van der Waals surface area contributed by atoms with E-state index in [1.807, 2.05) is 5.43 Å².